The van der Waals surface area contributed by atoms with Gasteiger partial charge in [-0.05, 0) is 55.0 Å². The zero-order chi connectivity index (χ0) is 20.3. The number of nitrogens with one attached hydrogen (secondary N) is 1. The van der Waals surface area contributed by atoms with Crippen LogP contribution in [0.5, 0.6) is 0 Å². The van der Waals surface area contributed by atoms with Gasteiger partial charge in [0.25, 0.3) is 5.91 Å². The molecule has 1 aliphatic heterocycles. The Hall–Kier alpha value is -2.33. The highest BCUT2D eigenvalue weighted by atomic mass is 35.5. The Bertz CT molecular complexity index is 871. The van der Waals surface area contributed by atoms with E-state index in [9.17, 15) is 9.59 Å². The van der Waals surface area contributed by atoms with Crippen LogP contribution in [-0.2, 0) is 4.79 Å². The summed E-state index contributed by atoms with van der Waals surface area (Å²) in [6.07, 6.45) is 1.34. The molecule has 0 aromatic heterocycles. The molecule has 3 rings (SSSR count). The quantitative estimate of drug-likeness (QED) is 0.763. The average Bonchev–Trinajstić information content (AvgIpc) is 2.68. The van der Waals surface area contributed by atoms with Crippen LogP contribution in [0, 0.1) is 12.8 Å². The number of benzene rings is 2. The normalized spacial score (nSPS) is 15.0. The van der Waals surface area contributed by atoms with Gasteiger partial charge in [0.2, 0.25) is 5.91 Å². The first-order valence-electron chi connectivity index (χ1n) is 9.82. The first-order chi connectivity index (χ1) is 13.4. The number of amides is 2. The molecule has 2 aromatic rings. The van der Waals surface area contributed by atoms with Crippen molar-refractivity contribution in [1.29, 1.82) is 0 Å². The molecule has 0 bridgehead atoms. The predicted octanol–water partition coefficient (Wildman–Crippen LogP) is 5.26. The van der Waals surface area contributed by atoms with E-state index in [4.69, 9.17) is 11.6 Å². The number of halogens is 1. The van der Waals surface area contributed by atoms with Gasteiger partial charge in [0.05, 0.1) is 0 Å². The lowest BCUT2D eigenvalue weighted by Crippen LogP contribution is -2.41. The standard InChI is InChI=1S/C23H27ClN2O2/c1-15(2)20-9-4-6-16(3)21(20)25-22(27)17-10-12-26(13-11-17)23(28)18-7-5-8-19(24)14-18/h4-9,14-15,17H,10-13H2,1-3H3,(H,25,27). The van der Waals surface area contributed by atoms with E-state index in [2.05, 4.69) is 25.2 Å². The van der Waals surface area contributed by atoms with Gasteiger partial charge >= 0.3 is 0 Å². The molecule has 0 aliphatic carbocycles. The molecular formula is C23H27ClN2O2. The number of anilines is 1. The molecule has 0 saturated carbocycles. The van der Waals surface area contributed by atoms with Crippen molar-refractivity contribution in [2.45, 2.75) is 39.5 Å². The maximum absolute atomic E-state index is 12.9. The van der Waals surface area contributed by atoms with Crippen molar-refractivity contribution in [2.75, 3.05) is 18.4 Å². The predicted molar refractivity (Wildman–Crippen MR) is 114 cm³/mol. The number of hydrogen-bond donors (Lipinski definition) is 1. The summed E-state index contributed by atoms with van der Waals surface area (Å²) >= 11 is 5.99. The zero-order valence-corrected chi connectivity index (χ0v) is 17.4. The smallest absolute Gasteiger partial charge is 0.253 e. The Morgan fingerprint density at radius 1 is 1.11 bits per heavy atom. The first-order valence-corrected chi connectivity index (χ1v) is 10.2. The third kappa shape index (κ3) is 4.56. The monoisotopic (exact) mass is 398 g/mol. The van der Waals surface area contributed by atoms with E-state index in [1.54, 1.807) is 24.3 Å². The molecule has 1 aliphatic rings. The van der Waals surface area contributed by atoms with E-state index < -0.39 is 0 Å². The summed E-state index contributed by atoms with van der Waals surface area (Å²) in [7, 11) is 0. The molecular weight excluding hydrogens is 372 g/mol. The van der Waals surface area contributed by atoms with Gasteiger partial charge in [-0.15, -0.1) is 0 Å². The highest BCUT2D eigenvalue weighted by molar-refractivity contribution is 6.30. The second kappa shape index (κ2) is 8.78. The third-order valence-electron chi connectivity index (χ3n) is 5.40. The lowest BCUT2D eigenvalue weighted by Gasteiger charge is -2.31. The van der Waals surface area contributed by atoms with Gasteiger partial charge < -0.3 is 10.2 Å². The summed E-state index contributed by atoms with van der Waals surface area (Å²) in [5, 5.41) is 3.71. The van der Waals surface area contributed by atoms with Crippen LogP contribution in [0.25, 0.3) is 0 Å². The second-order valence-electron chi connectivity index (χ2n) is 7.76. The summed E-state index contributed by atoms with van der Waals surface area (Å²) < 4.78 is 0. The van der Waals surface area contributed by atoms with Crippen LogP contribution in [-0.4, -0.2) is 29.8 Å². The van der Waals surface area contributed by atoms with Gasteiger partial charge in [0.1, 0.15) is 0 Å². The van der Waals surface area contributed by atoms with Gasteiger partial charge in [-0.3, -0.25) is 9.59 Å². The van der Waals surface area contributed by atoms with Crippen LogP contribution in [0.2, 0.25) is 5.02 Å². The van der Waals surface area contributed by atoms with Crippen molar-refractivity contribution in [1.82, 2.24) is 4.90 Å². The molecule has 1 heterocycles. The van der Waals surface area contributed by atoms with Crippen LogP contribution in [0.15, 0.2) is 42.5 Å². The molecule has 1 N–H and O–H groups in total. The molecule has 5 heteroatoms. The number of carbonyl (C=O) groups excluding carboxylic acids is 2. The summed E-state index contributed by atoms with van der Waals surface area (Å²) in [6.45, 7) is 7.44. The molecule has 0 spiro atoms. The number of aryl methyl sites for hydroxylation is 1. The fourth-order valence-corrected chi connectivity index (χ4v) is 3.91. The van der Waals surface area contributed by atoms with Gasteiger partial charge in [0.15, 0.2) is 0 Å². The summed E-state index contributed by atoms with van der Waals surface area (Å²) in [6, 6.07) is 13.1. The van der Waals surface area contributed by atoms with Gasteiger partial charge in [0, 0.05) is 35.3 Å². The van der Waals surface area contributed by atoms with Crippen molar-refractivity contribution in [3.8, 4) is 0 Å². The van der Waals surface area contributed by atoms with Crippen LogP contribution >= 0.6 is 11.6 Å². The van der Waals surface area contributed by atoms with Crippen LogP contribution in [0.1, 0.15) is 54.1 Å². The molecule has 28 heavy (non-hydrogen) atoms. The molecule has 0 atom stereocenters. The average molecular weight is 399 g/mol. The topological polar surface area (TPSA) is 49.4 Å². The molecule has 148 valence electrons. The van der Waals surface area contributed by atoms with E-state index in [-0.39, 0.29) is 17.7 Å². The van der Waals surface area contributed by atoms with Crippen molar-refractivity contribution in [2.24, 2.45) is 5.92 Å². The Labute approximate surface area is 171 Å². The second-order valence-corrected chi connectivity index (χ2v) is 8.20. The largest absolute Gasteiger partial charge is 0.339 e. The van der Waals surface area contributed by atoms with Crippen molar-refractivity contribution < 1.29 is 9.59 Å². The van der Waals surface area contributed by atoms with E-state index >= 15 is 0 Å². The minimum atomic E-state index is -0.0805. The SMILES string of the molecule is Cc1cccc(C(C)C)c1NC(=O)C1CCN(C(=O)c2cccc(Cl)c2)CC1. The number of likely N-dealkylation sites (tertiary alicyclic amines) is 1. The van der Waals surface area contributed by atoms with Crippen LogP contribution in [0.3, 0.4) is 0 Å². The zero-order valence-electron chi connectivity index (χ0n) is 16.7. The molecule has 1 fully saturated rings. The maximum atomic E-state index is 12.9. The van der Waals surface area contributed by atoms with E-state index in [0.29, 0.717) is 42.4 Å². The number of hydrogen-bond acceptors (Lipinski definition) is 2. The van der Waals surface area contributed by atoms with Gasteiger partial charge in [-0.2, -0.15) is 0 Å². The van der Waals surface area contributed by atoms with E-state index in [0.717, 1.165) is 16.8 Å². The van der Waals surface area contributed by atoms with Crippen LogP contribution < -0.4 is 5.32 Å². The molecule has 2 amide bonds. The van der Waals surface area contributed by atoms with Gasteiger partial charge in [-0.1, -0.05) is 49.7 Å². The Kier molecular flexibility index (Phi) is 6.40. The highest BCUT2D eigenvalue weighted by Crippen LogP contribution is 2.29. The number of piperidine rings is 1. The van der Waals surface area contributed by atoms with Crippen LogP contribution in [0.4, 0.5) is 5.69 Å². The van der Waals surface area contributed by atoms with Crippen molar-refractivity contribution >= 4 is 29.1 Å². The minimum absolute atomic E-state index is 0.0256. The molecule has 0 unspecified atom stereocenters. The summed E-state index contributed by atoms with van der Waals surface area (Å²) in [4.78, 5) is 27.3. The van der Waals surface area contributed by atoms with Crippen molar-refractivity contribution in [3.05, 3.63) is 64.2 Å². The molecule has 1 saturated heterocycles. The number of rotatable bonds is 4. The minimum Gasteiger partial charge on any atom is -0.339 e. The van der Waals surface area contributed by atoms with Crippen molar-refractivity contribution in [3.63, 3.8) is 0 Å². The molecule has 2 aromatic carbocycles. The van der Waals surface area contributed by atoms with E-state index in [1.807, 2.05) is 24.0 Å². The Morgan fingerprint density at radius 2 is 1.79 bits per heavy atom. The number of para-hydroxylation sites is 1. The Balaban J connectivity index is 1.62. The third-order valence-corrected chi connectivity index (χ3v) is 5.63. The van der Waals surface area contributed by atoms with Gasteiger partial charge in [-0.25, -0.2) is 0 Å². The lowest BCUT2D eigenvalue weighted by atomic mass is 9.94. The van der Waals surface area contributed by atoms with E-state index in [1.165, 1.54) is 0 Å². The summed E-state index contributed by atoms with van der Waals surface area (Å²) in [5.41, 5.74) is 3.76. The first kappa shape index (κ1) is 20.4. The molecule has 0 radical (unpaired) electrons. The maximum Gasteiger partial charge on any atom is 0.253 e. The molecule has 4 nitrogen and oxygen atoms in total. The fraction of sp³-hybridized carbons (Fsp3) is 0.391. The summed E-state index contributed by atoms with van der Waals surface area (Å²) in [5.74, 6) is 0.281. The fourth-order valence-electron chi connectivity index (χ4n) is 3.72. The highest BCUT2D eigenvalue weighted by Gasteiger charge is 2.28. The number of carbonyl (C=O) groups is 2. The number of nitrogens with zero attached hydrogens (tertiary/aromatic N) is 1. The Morgan fingerprint density at radius 3 is 2.43 bits per heavy atom. The lowest BCUT2D eigenvalue weighted by molar-refractivity contribution is -0.121.